The zero-order valence-corrected chi connectivity index (χ0v) is 22.7. The second-order valence-electron chi connectivity index (χ2n) is 11.5. The van der Waals surface area contributed by atoms with Crippen molar-refractivity contribution in [3.8, 4) is 11.4 Å². The number of nitrogens with zero attached hydrogens (tertiary/aromatic N) is 5. The number of fused-ring (bicyclic) bond motifs is 3. The summed E-state index contributed by atoms with van der Waals surface area (Å²) in [6.07, 6.45) is 5.64. The van der Waals surface area contributed by atoms with Crippen LogP contribution in [0, 0.1) is 5.41 Å². The van der Waals surface area contributed by atoms with Gasteiger partial charge < -0.3 is 20.1 Å². The minimum atomic E-state index is -0.718. The number of carbonyl (C=O) groups is 3. The fraction of sp³-hybridized carbons (Fsp3) is 0.333. The summed E-state index contributed by atoms with van der Waals surface area (Å²) in [7, 11) is 0. The minimum Gasteiger partial charge on any atom is -0.351 e. The summed E-state index contributed by atoms with van der Waals surface area (Å²) in [4.78, 5) is 59.9. The van der Waals surface area contributed by atoms with Gasteiger partial charge in [0.25, 0.3) is 11.8 Å². The van der Waals surface area contributed by atoms with Gasteiger partial charge in [-0.2, -0.15) is 0 Å². The third-order valence-corrected chi connectivity index (χ3v) is 7.75. The van der Waals surface area contributed by atoms with Crippen LogP contribution in [0.1, 0.15) is 48.2 Å². The molecule has 2 bridgehead atoms. The first-order valence-electron chi connectivity index (χ1n) is 13.4. The second kappa shape index (κ2) is 9.86. The number of amides is 3. The molecule has 10 nitrogen and oxygen atoms in total. The first kappa shape index (κ1) is 25.7. The normalized spacial score (nSPS) is 19.2. The Hall–Kier alpha value is -4.60. The van der Waals surface area contributed by atoms with Crippen LogP contribution in [-0.2, 0) is 4.79 Å². The smallest absolute Gasteiger partial charge is 0.272 e. The maximum atomic E-state index is 13.8. The average Bonchev–Trinajstić information content (AvgIpc) is 3.69. The number of likely N-dealkylation sites (tertiary alicyclic amines) is 2. The Morgan fingerprint density at radius 2 is 1.68 bits per heavy atom. The van der Waals surface area contributed by atoms with E-state index < -0.39 is 11.5 Å². The molecule has 5 heterocycles. The lowest BCUT2D eigenvalue weighted by Gasteiger charge is -2.39. The second-order valence-corrected chi connectivity index (χ2v) is 11.5. The molecule has 2 fully saturated rings. The van der Waals surface area contributed by atoms with Gasteiger partial charge in [0.15, 0.2) is 5.82 Å². The van der Waals surface area contributed by atoms with Gasteiger partial charge in [0.05, 0.1) is 12.1 Å². The quantitative estimate of drug-likeness (QED) is 0.403. The number of para-hydroxylation sites is 1. The molecule has 40 heavy (non-hydrogen) atoms. The lowest BCUT2D eigenvalue weighted by Crippen LogP contribution is -2.59. The molecule has 204 valence electrons. The van der Waals surface area contributed by atoms with Gasteiger partial charge in [-0.3, -0.25) is 19.4 Å². The molecule has 0 unspecified atom stereocenters. The van der Waals surface area contributed by atoms with Crippen molar-refractivity contribution in [3.63, 3.8) is 0 Å². The largest absolute Gasteiger partial charge is 0.351 e. The SMILES string of the molecule is CC(C)(C)[C@H](NC(=O)c1cc2ccccc2[nH]1)C(=O)N1C[C@@H]2C[C@H]1CN2C(=O)c1ccc(-c2ncccn2)cn1. The number of nitrogens with one attached hydrogen (secondary N) is 2. The zero-order valence-electron chi connectivity index (χ0n) is 22.7. The molecule has 3 atom stereocenters. The predicted octanol–water partition coefficient (Wildman–Crippen LogP) is 3.29. The molecule has 2 N–H and O–H groups in total. The number of pyridine rings is 1. The summed E-state index contributed by atoms with van der Waals surface area (Å²) >= 11 is 0. The van der Waals surface area contributed by atoms with E-state index in [1.165, 1.54) is 0 Å². The third-order valence-electron chi connectivity index (χ3n) is 7.75. The predicted molar refractivity (Wildman–Crippen MR) is 149 cm³/mol. The van der Waals surface area contributed by atoms with Crippen LogP contribution in [-0.4, -0.2) is 78.7 Å². The van der Waals surface area contributed by atoms with Gasteiger partial charge in [0.1, 0.15) is 17.4 Å². The molecular formula is C30H31N7O3. The van der Waals surface area contributed by atoms with Crippen molar-refractivity contribution in [2.75, 3.05) is 13.1 Å². The van der Waals surface area contributed by atoms with Crippen LogP contribution >= 0.6 is 0 Å². The van der Waals surface area contributed by atoms with Crippen LogP contribution in [0.5, 0.6) is 0 Å². The van der Waals surface area contributed by atoms with E-state index in [1.807, 2.05) is 54.8 Å². The summed E-state index contributed by atoms with van der Waals surface area (Å²) in [5.41, 5.74) is 1.86. The van der Waals surface area contributed by atoms with Crippen molar-refractivity contribution in [3.05, 3.63) is 78.5 Å². The highest BCUT2D eigenvalue weighted by Crippen LogP contribution is 2.34. The van der Waals surface area contributed by atoms with Gasteiger partial charge in [0, 0.05) is 48.1 Å². The molecule has 2 aliphatic heterocycles. The van der Waals surface area contributed by atoms with Crippen molar-refractivity contribution in [2.45, 2.75) is 45.3 Å². The van der Waals surface area contributed by atoms with E-state index in [9.17, 15) is 14.4 Å². The molecular weight excluding hydrogens is 506 g/mol. The monoisotopic (exact) mass is 537 g/mol. The topological polar surface area (TPSA) is 124 Å². The maximum absolute atomic E-state index is 13.8. The van der Waals surface area contributed by atoms with E-state index in [0.717, 1.165) is 16.5 Å². The molecule has 0 saturated carbocycles. The molecule has 1 aromatic carbocycles. The molecule has 0 radical (unpaired) electrons. The zero-order chi connectivity index (χ0) is 28.0. The molecule has 0 aliphatic carbocycles. The van der Waals surface area contributed by atoms with Crippen molar-refractivity contribution >= 4 is 28.6 Å². The number of aromatic nitrogens is 4. The lowest BCUT2D eigenvalue weighted by molar-refractivity contribution is -0.138. The standard InChI is InChI=1S/C30H31N7O3/c1-30(2,3)25(35-27(38)24-13-18-7-4-5-8-22(18)34-24)29(40)37-17-20-14-21(37)16-36(20)28(39)23-10-9-19(15-33-23)26-31-11-6-12-32-26/h4-13,15,20-21,25,34H,14,16-17H2,1-3H3,(H,35,38)/t20-,21-,25+/m0/s1. The highest BCUT2D eigenvalue weighted by Gasteiger charge is 2.50. The summed E-state index contributed by atoms with van der Waals surface area (Å²) in [5, 5.41) is 3.92. The van der Waals surface area contributed by atoms with Crippen LogP contribution < -0.4 is 5.32 Å². The Bertz CT molecular complexity index is 1540. The first-order valence-corrected chi connectivity index (χ1v) is 13.4. The fourth-order valence-electron chi connectivity index (χ4n) is 5.65. The number of benzene rings is 1. The van der Waals surface area contributed by atoms with Gasteiger partial charge in [-0.05, 0) is 42.2 Å². The van der Waals surface area contributed by atoms with Crippen molar-refractivity contribution in [2.24, 2.45) is 5.41 Å². The number of aromatic amines is 1. The van der Waals surface area contributed by atoms with Crippen molar-refractivity contribution < 1.29 is 14.4 Å². The van der Waals surface area contributed by atoms with Crippen LogP contribution in [0.15, 0.2) is 67.1 Å². The van der Waals surface area contributed by atoms with E-state index in [1.54, 1.807) is 42.9 Å². The molecule has 0 spiro atoms. The fourth-order valence-corrected chi connectivity index (χ4v) is 5.65. The van der Waals surface area contributed by atoms with E-state index in [0.29, 0.717) is 36.7 Å². The number of hydrogen-bond acceptors (Lipinski definition) is 6. The summed E-state index contributed by atoms with van der Waals surface area (Å²) in [6, 6.07) is 13.8. The summed E-state index contributed by atoms with van der Waals surface area (Å²) in [5.74, 6) is -0.0454. The summed E-state index contributed by atoms with van der Waals surface area (Å²) < 4.78 is 0. The number of piperazine rings is 1. The molecule has 3 aromatic heterocycles. The van der Waals surface area contributed by atoms with Crippen LogP contribution in [0.25, 0.3) is 22.3 Å². The number of H-pyrrole nitrogens is 1. The van der Waals surface area contributed by atoms with Crippen molar-refractivity contribution in [1.82, 2.24) is 35.1 Å². The van der Waals surface area contributed by atoms with Crippen molar-refractivity contribution in [1.29, 1.82) is 0 Å². The molecule has 10 heteroatoms. The Labute approximate surface area is 231 Å². The van der Waals surface area contributed by atoms with Gasteiger partial charge >= 0.3 is 0 Å². The average molecular weight is 538 g/mol. The first-order chi connectivity index (χ1) is 19.2. The highest BCUT2D eigenvalue weighted by molar-refractivity contribution is 6.00. The van der Waals surface area contributed by atoms with Crippen LogP contribution in [0.3, 0.4) is 0 Å². The number of hydrogen-bond donors (Lipinski definition) is 2. The highest BCUT2D eigenvalue weighted by atomic mass is 16.2. The molecule has 2 saturated heterocycles. The van der Waals surface area contributed by atoms with Gasteiger partial charge in [-0.25, -0.2) is 9.97 Å². The number of rotatable bonds is 5. The Balaban J connectivity index is 1.13. The van der Waals surface area contributed by atoms with Gasteiger partial charge in [0.2, 0.25) is 5.91 Å². The summed E-state index contributed by atoms with van der Waals surface area (Å²) in [6.45, 7) is 6.70. The van der Waals surface area contributed by atoms with E-state index in [2.05, 4.69) is 25.3 Å². The number of carbonyl (C=O) groups excluding carboxylic acids is 3. The van der Waals surface area contributed by atoms with Crippen LogP contribution in [0.2, 0.25) is 0 Å². The lowest BCUT2D eigenvalue weighted by atomic mass is 9.85. The molecule has 6 rings (SSSR count). The molecule has 3 amide bonds. The Kier molecular flexibility index (Phi) is 6.32. The molecule has 4 aromatic rings. The minimum absolute atomic E-state index is 0.0922. The van der Waals surface area contributed by atoms with Gasteiger partial charge in [-0.15, -0.1) is 0 Å². The third kappa shape index (κ3) is 4.70. The Morgan fingerprint density at radius 3 is 2.33 bits per heavy atom. The van der Waals surface area contributed by atoms with E-state index >= 15 is 0 Å². The Morgan fingerprint density at radius 1 is 0.950 bits per heavy atom. The maximum Gasteiger partial charge on any atom is 0.272 e. The van der Waals surface area contributed by atoms with Crippen LogP contribution in [0.4, 0.5) is 0 Å². The molecule has 2 aliphatic rings. The van der Waals surface area contributed by atoms with E-state index in [4.69, 9.17) is 0 Å². The van der Waals surface area contributed by atoms with Gasteiger partial charge in [-0.1, -0.05) is 39.0 Å². The van der Waals surface area contributed by atoms with E-state index in [-0.39, 0.29) is 29.8 Å².